The van der Waals surface area contributed by atoms with E-state index in [0.717, 1.165) is 30.7 Å². The van der Waals surface area contributed by atoms with Gasteiger partial charge in [0.2, 0.25) is 0 Å². The number of carbonyl (C=O) groups is 1. The molecule has 7 heteroatoms. The van der Waals surface area contributed by atoms with Crippen molar-refractivity contribution in [3.8, 4) is 0 Å². The highest BCUT2D eigenvalue weighted by atomic mass is 32.1. The van der Waals surface area contributed by atoms with Gasteiger partial charge >= 0.3 is 6.09 Å². The Labute approximate surface area is 160 Å². The van der Waals surface area contributed by atoms with E-state index in [1.54, 1.807) is 11.3 Å². The van der Waals surface area contributed by atoms with Crippen LogP contribution in [0.1, 0.15) is 44.9 Å². The van der Waals surface area contributed by atoms with E-state index >= 15 is 0 Å². The molecule has 1 fully saturated rings. The topological polar surface area (TPSA) is 71.0 Å². The highest BCUT2D eigenvalue weighted by Crippen LogP contribution is 2.17. The van der Waals surface area contributed by atoms with Crippen LogP contribution in [0, 0.1) is 0 Å². The summed E-state index contributed by atoms with van der Waals surface area (Å²) >= 11 is 1.65. The first-order chi connectivity index (χ1) is 12.3. The molecule has 1 aliphatic rings. The average Bonchev–Trinajstić information content (AvgIpc) is 3.06. The molecule has 2 rings (SSSR count). The van der Waals surface area contributed by atoms with Crippen LogP contribution in [0.3, 0.4) is 0 Å². The predicted octanol–water partition coefficient (Wildman–Crippen LogP) is 3.00. The number of aliphatic hydroxyl groups excluding tert-OH is 1. The zero-order chi connectivity index (χ0) is 19.0. The smallest absolute Gasteiger partial charge is 0.407 e. The normalized spacial score (nSPS) is 19.9. The van der Waals surface area contributed by atoms with Crippen LogP contribution in [0.5, 0.6) is 0 Å². The first kappa shape index (κ1) is 21.2. The monoisotopic (exact) mass is 384 g/mol. The predicted molar refractivity (Wildman–Crippen MR) is 103 cm³/mol. The van der Waals surface area contributed by atoms with Crippen molar-refractivity contribution in [3.63, 3.8) is 0 Å². The molecule has 1 saturated heterocycles. The van der Waals surface area contributed by atoms with Gasteiger partial charge in [-0.1, -0.05) is 12.5 Å². The van der Waals surface area contributed by atoms with Crippen molar-refractivity contribution in [2.45, 2.75) is 64.4 Å². The lowest BCUT2D eigenvalue weighted by atomic mass is 10.0. The second kappa shape index (κ2) is 10.3. The fourth-order valence-electron chi connectivity index (χ4n) is 3.06. The highest BCUT2D eigenvalue weighted by Gasteiger charge is 2.25. The number of rotatable bonds is 8. The van der Waals surface area contributed by atoms with Crippen molar-refractivity contribution in [2.24, 2.45) is 0 Å². The van der Waals surface area contributed by atoms with Gasteiger partial charge < -0.3 is 19.9 Å². The van der Waals surface area contributed by atoms with Gasteiger partial charge in [-0.2, -0.15) is 0 Å². The lowest BCUT2D eigenvalue weighted by Crippen LogP contribution is -2.50. The second-order valence-electron chi connectivity index (χ2n) is 7.78. The summed E-state index contributed by atoms with van der Waals surface area (Å²) in [6.07, 6.45) is 2.35. The van der Waals surface area contributed by atoms with E-state index in [4.69, 9.17) is 9.47 Å². The lowest BCUT2D eigenvalue weighted by molar-refractivity contribution is -0.00323. The Bertz CT molecular complexity index is 530. The summed E-state index contributed by atoms with van der Waals surface area (Å²) in [5, 5.41) is 15.2. The Morgan fingerprint density at radius 3 is 2.96 bits per heavy atom. The minimum Gasteiger partial charge on any atom is -0.444 e. The molecular weight excluding hydrogens is 352 g/mol. The van der Waals surface area contributed by atoms with Gasteiger partial charge in [0.1, 0.15) is 5.60 Å². The summed E-state index contributed by atoms with van der Waals surface area (Å²) in [7, 11) is 0. The number of alkyl carbamates (subject to hydrolysis) is 1. The van der Waals surface area contributed by atoms with Gasteiger partial charge in [0.25, 0.3) is 0 Å². The van der Waals surface area contributed by atoms with E-state index in [9.17, 15) is 9.90 Å². The molecule has 26 heavy (non-hydrogen) atoms. The van der Waals surface area contributed by atoms with E-state index in [1.807, 2.05) is 38.3 Å². The molecule has 148 valence electrons. The fourth-order valence-corrected chi connectivity index (χ4v) is 3.70. The van der Waals surface area contributed by atoms with Gasteiger partial charge in [-0.05, 0) is 51.6 Å². The van der Waals surface area contributed by atoms with E-state index in [1.165, 1.54) is 0 Å². The number of nitrogens with zero attached hydrogens (tertiary/aromatic N) is 1. The van der Waals surface area contributed by atoms with Crippen LogP contribution in [0.2, 0.25) is 0 Å². The largest absolute Gasteiger partial charge is 0.444 e. The Morgan fingerprint density at radius 2 is 2.27 bits per heavy atom. The molecule has 0 aromatic carbocycles. The van der Waals surface area contributed by atoms with Crippen molar-refractivity contribution in [1.82, 2.24) is 10.2 Å². The van der Waals surface area contributed by atoms with Crippen molar-refractivity contribution in [3.05, 3.63) is 22.4 Å². The van der Waals surface area contributed by atoms with Gasteiger partial charge in [0.05, 0.1) is 19.3 Å². The lowest BCUT2D eigenvalue weighted by Gasteiger charge is -2.37. The Kier molecular flexibility index (Phi) is 8.34. The molecule has 0 saturated carbocycles. The van der Waals surface area contributed by atoms with Crippen LogP contribution in [-0.4, -0.2) is 60.1 Å². The van der Waals surface area contributed by atoms with E-state index < -0.39 is 11.7 Å². The van der Waals surface area contributed by atoms with Gasteiger partial charge in [-0.25, -0.2) is 4.79 Å². The van der Waals surface area contributed by atoms with Gasteiger partial charge in [0, 0.05) is 24.0 Å². The van der Waals surface area contributed by atoms with Gasteiger partial charge in [-0.3, -0.25) is 4.90 Å². The standard InChI is InChI=1S/C19H32N2O4S/c1-19(2,3)25-18(23)20-11-15-7-4-5-9-21(15)12-16(22)13-24-14-17-8-6-10-26-17/h6,8,10,15-16,22H,4-5,7,9,11-14H2,1-3H3,(H,20,23). The maximum absolute atomic E-state index is 11.9. The number of β-amino-alcohol motifs (C(OH)–C–C–N with tert-alkyl or cyclic N) is 1. The summed E-state index contributed by atoms with van der Waals surface area (Å²) in [4.78, 5) is 15.3. The molecule has 1 aromatic rings. The van der Waals surface area contributed by atoms with Crippen LogP contribution in [-0.2, 0) is 16.1 Å². The number of hydrogen-bond acceptors (Lipinski definition) is 6. The first-order valence-corrected chi connectivity index (χ1v) is 10.2. The molecule has 1 aromatic heterocycles. The maximum atomic E-state index is 11.9. The highest BCUT2D eigenvalue weighted by molar-refractivity contribution is 7.09. The molecule has 2 unspecified atom stereocenters. The number of ether oxygens (including phenoxy) is 2. The van der Waals surface area contributed by atoms with E-state index in [2.05, 4.69) is 10.2 Å². The molecule has 0 radical (unpaired) electrons. The number of aliphatic hydroxyl groups is 1. The number of nitrogens with one attached hydrogen (secondary N) is 1. The minimum atomic E-state index is -0.530. The molecule has 6 nitrogen and oxygen atoms in total. The van der Waals surface area contributed by atoms with Crippen LogP contribution in [0.4, 0.5) is 4.79 Å². The van der Waals surface area contributed by atoms with Crippen LogP contribution >= 0.6 is 11.3 Å². The fraction of sp³-hybridized carbons (Fsp3) is 0.737. The molecule has 0 bridgehead atoms. The van der Waals surface area contributed by atoms with Crippen LogP contribution < -0.4 is 5.32 Å². The number of likely N-dealkylation sites (tertiary alicyclic amines) is 1. The summed E-state index contributed by atoms with van der Waals surface area (Å²) in [6.45, 7) is 8.45. The number of amides is 1. The summed E-state index contributed by atoms with van der Waals surface area (Å²) in [6, 6.07) is 4.25. The molecule has 2 atom stereocenters. The Balaban J connectivity index is 1.71. The van der Waals surface area contributed by atoms with Crippen molar-refractivity contribution in [1.29, 1.82) is 0 Å². The summed E-state index contributed by atoms with van der Waals surface area (Å²) < 4.78 is 10.9. The third kappa shape index (κ3) is 8.03. The summed E-state index contributed by atoms with van der Waals surface area (Å²) in [5.41, 5.74) is -0.494. The summed E-state index contributed by atoms with van der Waals surface area (Å²) in [5.74, 6) is 0. The Morgan fingerprint density at radius 1 is 1.46 bits per heavy atom. The zero-order valence-corrected chi connectivity index (χ0v) is 16.9. The van der Waals surface area contributed by atoms with Crippen molar-refractivity contribution < 1.29 is 19.4 Å². The number of piperidine rings is 1. The molecule has 0 spiro atoms. The number of thiophene rings is 1. The quantitative estimate of drug-likeness (QED) is 0.721. The molecule has 1 aliphatic heterocycles. The SMILES string of the molecule is CC(C)(C)OC(=O)NCC1CCCCN1CC(O)COCc1cccs1. The molecule has 2 heterocycles. The van der Waals surface area contributed by atoms with E-state index in [0.29, 0.717) is 26.3 Å². The van der Waals surface area contributed by atoms with Crippen LogP contribution in [0.25, 0.3) is 0 Å². The molecular formula is C19H32N2O4S. The maximum Gasteiger partial charge on any atom is 0.407 e. The first-order valence-electron chi connectivity index (χ1n) is 9.32. The zero-order valence-electron chi connectivity index (χ0n) is 16.1. The average molecular weight is 385 g/mol. The number of carbonyl (C=O) groups excluding carboxylic acids is 1. The van der Waals surface area contributed by atoms with E-state index in [-0.39, 0.29) is 12.1 Å². The third-order valence-electron chi connectivity index (χ3n) is 4.21. The van der Waals surface area contributed by atoms with Crippen LogP contribution in [0.15, 0.2) is 17.5 Å². The Hall–Kier alpha value is -1.15. The van der Waals surface area contributed by atoms with Gasteiger partial charge in [-0.15, -0.1) is 11.3 Å². The molecule has 0 aliphatic carbocycles. The number of hydrogen-bond donors (Lipinski definition) is 2. The minimum absolute atomic E-state index is 0.225. The van der Waals surface area contributed by atoms with Gasteiger partial charge in [0.15, 0.2) is 0 Å². The van der Waals surface area contributed by atoms with Crippen molar-refractivity contribution in [2.75, 3.05) is 26.2 Å². The molecule has 2 N–H and O–H groups in total. The third-order valence-corrected chi connectivity index (χ3v) is 5.06. The van der Waals surface area contributed by atoms with Crippen molar-refractivity contribution >= 4 is 17.4 Å². The second-order valence-corrected chi connectivity index (χ2v) is 8.81. The molecule has 1 amide bonds.